The molecular formula is C23H23ClN6O3S. The summed E-state index contributed by atoms with van der Waals surface area (Å²) in [6, 6.07) is 14.1. The molecule has 0 amide bonds. The van der Waals surface area contributed by atoms with Gasteiger partial charge in [-0.3, -0.25) is 0 Å². The average Bonchev–Trinajstić information content (AvgIpc) is 3.28. The lowest BCUT2D eigenvalue weighted by atomic mass is 10.1. The number of sulfonamides is 1. The summed E-state index contributed by atoms with van der Waals surface area (Å²) in [5.41, 5.74) is 3.29. The summed E-state index contributed by atoms with van der Waals surface area (Å²) in [7, 11) is -2.13. The van der Waals surface area contributed by atoms with Crippen molar-refractivity contribution in [3.8, 4) is 11.1 Å². The van der Waals surface area contributed by atoms with Crippen molar-refractivity contribution >= 4 is 50.1 Å². The molecule has 2 aromatic heterocycles. The Balaban J connectivity index is 1.56. The third-order valence-electron chi connectivity index (χ3n) is 5.65. The maximum absolute atomic E-state index is 12.0. The number of halogens is 1. The second-order valence-electron chi connectivity index (χ2n) is 7.76. The first-order chi connectivity index (χ1) is 16.4. The van der Waals surface area contributed by atoms with Crippen LogP contribution in [0.15, 0.2) is 59.6 Å². The summed E-state index contributed by atoms with van der Waals surface area (Å²) in [5, 5.41) is 4.76. The van der Waals surface area contributed by atoms with Crippen LogP contribution in [0.2, 0.25) is 5.02 Å². The molecule has 0 atom stereocenters. The second kappa shape index (κ2) is 9.22. The van der Waals surface area contributed by atoms with E-state index in [-0.39, 0.29) is 4.90 Å². The second-order valence-corrected chi connectivity index (χ2v) is 10.1. The van der Waals surface area contributed by atoms with Gasteiger partial charge < -0.3 is 19.9 Å². The molecule has 0 unspecified atom stereocenters. The van der Waals surface area contributed by atoms with Gasteiger partial charge in [-0.2, -0.15) is 9.97 Å². The van der Waals surface area contributed by atoms with Crippen LogP contribution in [0, 0.1) is 0 Å². The molecule has 3 heterocycles. The minimum Gasteiger partial charge on any atom is -0.378 e. The van der Waals surface area contributed by atoms with E-state index in [0.717, 1.165) is 22.3 Å². The summed E-state index contributed by atoms with van der Waals surface area (Å²) >= 11 is 6.25. The Labute approximate surface area is 202 Å². The van der Waals surface area contributed by atoms with Crippen molar-refractivity contribution in [1.82, 2.24) is 19.7 Å². The van der Waals surface area contributed by atoms with Crippen molar-refractivity contribution in [1.29, 1.82) is 0 Å². The predicted molar refractivity (Wildman–Crippen MR) is 133 cm³/mol. The zero-order valence-corrected chi connectivity index (χ0v) is 19.9. The van der Waals surface area contributed by atoms with Crippen LogP contribution in [0.3, 0.4) is 0 Å². The number of morpholine rings is 1. The number of hydrogen-bond acceptors (Lipinski definition) is 7. The molecule has 3 N–H and O–H groups in total. The molecule has 0 radical (unpaired) electrons. The minimum absolute atomic E-state index is 0.182. The van der Waals surface area contributed by atoms with Gasteiger partial charge in [-0.15, -0.1) is 0 Å². The quantitative estimate of drug-likeness (QED) is 0.371. The highest BCUT2D eigenvalue weighted by atomic mass is 35.5. The zero-order valence-electron chi connectivity index (χ0n) is 18.4. The molecule has 4 aromatic rings. The van der Waals surface area contributed by atoms with Crippen molar-refractivity contribution < 1.29 is 13.2 Å². The third-order valence-corrected chi connectivity index (χ3v) is 7.31. The number of nitrogens with one attached hydrogen (secondary N) is 3. The van der Waals surface area contributed by atoms with Crippen molar-refractivity contribution in [2.24, 2.45) is 0 Å². The van der Waals surface area contributed by atoms with E-state index in [0.29, 0.717) is 48.6 Å². The molecule has 11 heteroatoms. The van der Waals surface area contributed by atoms with Crippen LogP contribution in [0.25, 0.3) is 22.2 Å². The van der Waals surface area contributed by atoms with E-state index in [2.05, 4.69) is 24.9 Å². The summed E-state index contributed by atoms with van der Waals surface area (Å²) in [6.07, 6.45) is 1.91. The Morgan fingerprint density at radius 3 is 2.56 bits per heavy atom. The van der Waals surface area contributed by atoms with E-state index >= 15 is 0 Å². The number of hydrogen-bond donors (Lipinski definition) is 3. The number of rotatable bonds is 6. The monoisotopic (exact) mass is 498 g/mol. The summed E-state index contributed by atoms with van der Waals surface area (Å²) in [5.74, 6) is 1.19. The summed E-state index contributed by atoms with van der Waals surface area (Å²) in [6.45, 7) is 2.66. The molecule has 0 aliphatic carbocycles. The standard InChI is InChI=1S/C23H23ClN6O3S/c1-25-34(31,32)18-7-5-17(6-8-18)27-23-28-21-20(22(29-23)30-9-11-33-12-10-30)19(14-26-21)15-3-2-4-16(24)13-15/h2-8,13-14,25H,9-12H2,1H3,(H2,26,27,28,29). The van der Waals surface area contributed by atoms with E-state index in [4.69, 9.17) is 21.3 Å². The van der Waals surface area contributed by atoms with Gasteiger partial charge >= 0.3 is 0 Å². The highest BCUT2D eigenvalue weighted by molar-refractivity contribution is 7.89. The van der Waals surface area contributed by atoms with Gasteiger partial charge in [0.2, 0.25) is 16.0 Å². The highest BCUT2D eigenvalue weighted by Crippen LogP contribution is 2.36. The largest absolute Gasteiger partial charge is 0.378 e. The molecule has 9 nitrogen and oxygen atoms in total. The molecule has 5 rings (SSSR count). The van der Waals surface area contributed by atoms with Crippen molar-refractivity contribution in [2.75, 3.05) is 43.6 Å². The number of aromatic amines is 1. The van der Waals surface area contributed by atoms with Crippen molar-refractivity contribution in [2.45, 2.75) is 4.90 Å². The number of anilines is 3. The topological polar surface area (TPSA) is 112 Å². The molecule has 34 heavy (non-hydrogen) atoms. The van der Waals surface area contributed by atoms with Crippen LogP contribution in [0.5, 0.6) is 0 Å². The average molecular weight is 499 g/mol. The smallest absolute Gasteiger partial charge is 0.240 e. The fraction of sp³-hybridized carbons (Fsp3) is 0.217. The van der Waals surface area contributed by atoms with E-state index in [9.17, 15) is 8.42 Å². The normalized spacial score (nSPS) is 14.5. The first-order valence-electron chi connectivity index (χ1n) is 10.7. The van der Waals surface area contributed by atoms with Gasteiger partial charge in [0.15, 0.2) is 0 Å². The number of benzene rings is 2. The van der Waals surface area contributed by atoms with Gasteiger partial charge in [0.05, 0.1) is 23.5 Å². The molecule has 1 aliphatic heterocycles. The van der Waals surface area contributed by atoms with E-state index in [1.165, 1.54) is 19.2 Å². The van der Waals surface area contributed by atoms with E-state index < -0.39 is 10.0 Å². The van der Waals surface area contributed by atoms with Crippen LogP contribution in [0.4, 0.5) is 17.5 Å². The number of aromatic nitrogens is 3. The van der Waals surface area contributed by atoms with Gasteiger partial charge in [-0.1, -0.05) is 23.7 Å². The molecule has 2 aromatic carbocycles. The Morgan fingerprint density at radius 2 is 1.85 bits per heavy atom. The Morgan fingerprint density at radius 1 is 1.09 bits per heavy atom. The van der Waals surface area contributed by atoms with Gasteiger partial charge in [0, 0.05) is 35.6 Å². The van der Waals surface area contributed by atoms with Crippen LogP contribution in [-0.2, 0) is 14.8 Å². The molecule has 0 saturated carbocycles. The number of fused-ring (bicyclic) bond motifs is 1. The minimum atomic E-state index is -3.51. The molecular weight excluding hydrogens is 476 g/mol. The first-order valence-corrected chi connectivity index (χ1v) is 12.6. The molecule has 1 fully saturated rings. The fourth-order valence-electron chi connectivity index (χ4n) is 3.92. The van der Waals surface area contributed by atoms with Gasteiger partial charge in [-0.25, -0.2) is 13.1 Å². The highest BCUT2D eigenvalue weighted by Gasteiger charge is 2.22. The molecule has 0 bridgehead atoms. The molecule has 0 spiro atoms. The fourth-order valence-corrected chi connectivity index (χ4v) is 4.84. The lowest BCUT2D eigenvalue weighted by Crippen LogP contribution is -2.37. The number of H-pyrrole nitrogens is 1. The van der Waals surface area contributed by atoms with E-state index in [1.807, 2.05) is 30.5 Å². The SMILES string of the molecule is CNS(=O)(=O)c1ccc(Nc2nc(N3CCOCC3)c3c(-c4cccc(Cl)c4)c[nH]c3n2)cc1. The van der Waals surface area contributed by atoms with Crippen molar-refractivity contribution in [3.05, 3.63) is 59.8 Å². The third kappa shape index (κ3) is 4.45. The Kier molecular flexibility index (Phi) is 6.13. The lowest BCUT2D eigenvalue weighted by molar-refractivity contribution is 0.122. The first kappa shape index (κ1) is 22.6. The maximum Gasteiger partial charge on any atom is 0.240 e. The molecule has 176 valence electrons. The van der Waals surface area contributed by atoms with Gasteiger partial charge in [0.25, 0.3) is 0 Å². The van der Waals surface area contributed by atoms with Crippen LogP contribution in [-0.4, -0.2) is 56.7 Å². The van der Waals surface area contributed by atoms with Crippen LogP contribution >= 0.6 is 11.6 Å². The number of ether oxygens (including phenoxy) is 1. The van der Waals surface area contributed by atoms with Crippen LogP contribution in [0.1, 0.15) is 0 Å². The van der Waals surface area contributed by atoms with E-state index in [1.54, 1.807) is 12.1 Å². The lowest BCUT2D eigenvalue weighted by Gasteiger charge is -2.28. The Hall–Kier alpha value is -3.18. The van der Waals surface area contributed by atoms with Crippen molar-refractivity contribution in [3.63, 3.8) is 0 Å². The Bertz CT molecular complexity index is 1430. The number of nitrogens with zero attached hydrogens (tertiary/aromatic N) is 3. The maximum atomic E-state index is 12.0. The zero-order chi connectivity index (χ0) is 23.7. The molecule has 1 saturated heterocycles. The van der Waals surface area contributed by atoms with Crippen LogP contribution < -0.4 is 14.9 Å². The predicted octanol–water partition coefficient (Wildman–Crippen LogP) is 3.77. The van der Waals surface area contributed by atoms with Gasteiger partial charge in [-0.05, 0) is 49.0 Å². The summed E-state index contributed by atoms with van der Waals surface area (Å²) < 4.78 is 31.8. The molecule has 1 aliphatic rings. The summed E-state index contributed by atoms with van der Waals surface area (Å²) in [4.78, 5) is 15.2. The van der Waals surface area contributed by atoms with Gasteiger partial charge in [0.1, 0.15) is 11.5 Å².